The van der Waals surface area contributed by atoms with Crippen LogP contribution in [0.25, 0.3) is 0 Å². The normalized spacial score (nSPS) is 13.6. The fraction of sp³-hybridized carbons (Fsp3) is 0.333. The molecule has 0 atom stereocenters. The molecule has 0 saturated carbocycles. The molecule has 30 heavy (non-hydrogen) atoms. The van der Waals surface area contributed by atoms with Crippen molar-refractivity contribution in [2.45, 2.75) is 33.4 Å². The minimum absolute atomic E-state index is 0.583. The number of hydrogen-bond acceptors (Lipinski definition) is 6. The maximum Gasteiger partial charge on any atom is 0.227 e. The summed E-state index contributed by atoms with van der Waals surface area (Å²) in [7, 11) is 3.27. The van der Waals surface area contributed by atoms with E-state index in [9.17, 15) is 0 Å². The van der Waals surface area contributed by atoms with Gasteiger partial charge in [0.25, 0.3) is 0 Å². The number of hydrogen-bond donors (Lipinski definition) is 1. The predicted molar refractivity (Wildman–Crippen MR) is 119 cm³/mol. The molecule has 0 aliphatic carbocycles. The van der Waals surface area contributed by atoms with Crippen molar-refractivity contribution in [2.75, 3.05) is 26.1 Å². The molecule has 1 N–H and O–H groups in total. The predicted octanol–water partition coefficient (Wildman–Crippen LogP) is 4.41. The average molecular weight is 405 g/mol. The fourth-order valence-corrected chi connectivity index (χ4v) is 3.75. The Morgan fingerprint density at radius 3 is 2.67 bits per heavy atom. The second kappa shape index (κ2) is 8.71. The quantitative estimate of drug-likeness (QED) is 0.657. The van der Waals surface area contributed by atoms with E-state index in [1.807, 2.05) is 24.4 Å². The van der Waals surface area contributed by atoms with Gasteiger partial charge >= 0.3 is 0 Å². The summed E-state index contributed by atoms with van der Waals surface area (Å²) in [5, 5.41) is 3.27. The van der Waals surface area contributed by atoms with Gasteiger partial charge in [-0.15, -0.1) is 0 Å². The SMILES string of the molecule is COc1ccc(Nc2ncc3c(n2)CCN(Cc2ccc(C)c(C)c2)C3)c(OC)c1. The minimum atomic E-state index is 0.583. The molecule has 2 aromatic carbocycles. The number of aryl methyl sites for hydroxylation is 2. The van der Waals surface area contributed by atoms with Gasteiger partial charge in [-0.2, -0.15) is 0 Å². The van der Waals surface area contributed by atoms with Crippen molar-refractivity contribution in [3.63, 3.8) is 0 Å². The standard InChI is InChI=1S/C24H28N4O2/c1-16-5-6-18(11-17(16)2)14-28-10-9-21-19(15-28)13-25-24(26-21)27-22-8-7-20(29-3)12-23(22)30-4/h5-8,11-13H,9-10,14-15H2,1-4H3,(H,25,26,27). The largest absolute Gasteiger partial charge is 0.497 e. The summed E-state index contributed by atoms with van der Waals surface area (Å²) in [6.45, 7) is 7.13. The molecule has 6 nitrogen and oxygen atoms in total. The van der Waals surface area contributed by atoms with Gasteiger partial charge in [0.1, 0.15) is 11.5 Å². The molecule has 6 heteroatoms. The van der Waals surface area contributed by atoms with Crippen molar-refractivity contribution in [1.29, 1.82) is 0 Å². The summed E-state index contributed by atoms with van der Waals surface area (Å²) in [6, 6.07) is 12.3. The monoisotopic (exact) mass is 404 g/mol. The molecule has 3 aromatic rings. The van der Waals surface area contributed by atoms with Crippen molar-refractivity contribution in [2.24, 2.45) is 0 Å². The molecule has 4 rings (SSSR count). The van der Waals surface area contributed by atoms with Gasteiger partial charge in [-0.1, -0.05) is 18.2 Å². The lowest BCUT2D eigenvalue weighted by Crippen LogP contribution is -2.31. The molecule has 156 valence electrons. The average Bonchev–Trinajstić information content (AvgIpc) is 2.76. The molecule has 0 radical (unpaired) electrons. The van der Waals surface area contributed by atoms with Crippen LogP contribution in [0.15, 0.2) is 42.6 Å². The third kappa shape index (κ3) is 4.39. The molecule has 0 saturated heterocycles. The van der Waals surface area contributed by atoms with Gasteiger partial charge in [0.05, 0.1) is 25.6 Å². The van der Waals surface area contributed by atoms with Crippen molar-refractivity contribution in [3.8, 4) is 11.5 Å². The van der Waals surface area contributed by atoms with Gasteiger partial charge in [-0.25, -0.2) is 9.97 Å². The van der Waals surface area contributed by atoms with Crippen LogP contribution in [0, 0.1) is 13.8 Å². The zero-order valence-corrected chi connectivity index (χ0v) is 18.0. The number of aromatic nitrogens is 2. The number of nitrogens with zero attached hydrogens (tertiary/aromatic N) is 3. The molecule has 0 spiro atoms. The van der Waals surface area contributed by atoms with Crippen LogP contribution in [0.5, 0.6) is 11.5 Å². The number of rotatable bonds is 6. The lowest BCUT2D eigenvalue weighted by Gasteiger charge is -2.28. The van der Waals surface area contributed by atoms with Gasteiger partial charge in [0.15, 0.2) is 0 Å². The lowest BCUT2D eigenvalue weighted by atomic mass is 10.0. The second-order valence-electron chi connectivity index (χ2n) is 7.74. The smallest absolute Gasteiger partial charge is 0.227 e. The summed E-state index contributed by atoms with van der Waals surface area (Å²) in [5.41, 5.74) is 7.15. The Morgan fingerprint density at radius 1 is 1.03 bits per heavy atom. The van der Waals surface area contributed by atoms with Crippen molar-refractivity contribution in [3.05, 3.63) is 70.5 Å². The van der Waals surface area contributed by atoms with E-state index >= 15 is 0 Å². The zero-order valence-electron chi connectivity index (χ0n) is 18.0. The molecule has 1 aromatic heterocycles. The highest BCUT2D eigenvalue weighted by molar-refractivity contribution is 5.64. The highest BCUT2D eigenvalue weighted by Crippen LogP contribution is 2.31. The highest BCUT2D eigenvalue weighted by atomic mass is 16.5. The van der Waals surface area contributed by atoms with E-state index in [1.54, 1.807) is 14.2 Å². The van der Waals surface area contributed by atoms with Gasteiger partial charge in [-0.3, -0.25) is 4.90 Å². The van der Waals surface area contributed by atoms with Crippen molar-refractivity contribution >= 4 is 11.6 Å². The van der Waals surface area contributed by atoms with Gasteiger partial charge in [0.2, 0.25) is 5.95 Å². The van der Waals surface area contributed by atoms with Gasteiger partial charge in [0, 0.05) is 43.9 Å². The topological polar surface area (TPSA) is 59.5 Å². The van der Waals surface area contributed by atoms with Crippen LogP contribution < -0.4 is 14.8 Å². The van der Waals surface area contributed by atoms with Crippen molar-refractivity contribution in [1.82, 2.24) is 14.9 Å². The number of fused-ring (bicyclic) bond motifs is 1. The Hall–Kier alpha value is -3.12. The fourth-order valence-electron chi connectivity index (χ4n) is 3.75. The maximum atomic E-state index is 5.45. The van der Waals surface area contributed by atoms with E-state index in [2.05, 4.69) is 47.2 Å². The van der Waals surface area contributed by atoms with Crippen LogP contribution in [0.4, 0.5) is 11.6 Å². The summed E-state index contributed by atoms with van der Waals surface area (Å²) >= 11 is 0. The summed E-state index contributed by atoms with van der Waals surface area (Å²) in [4.78, 5) is 11.7. The molecule has 0 unspecified atom stereocenters. The number of anilines is 2. The van der Waals surface area contributed by atoms with Crippen molar-refractivity contribution < 1.29 is 9.47 Å². The van der Waals surface area contributed by atoms with Crippen LogP contribution in [0.1, 0.15) is 27.9 Å². The number of benzene rings is 2. The van der Waals surface area contributed by atoms with E-state index < -0.39 is 0 Å². The van der Waals surface area contributed by atoms with Gasteiger partial charge in [-0.05, 0) is 42.7 Å². The first-order valence-electron chi connectivity index (χ1n) is 10.2. The lowest BCUT2D eigenvalue weighted by molar-refractivity contribution is 0.243. The summed E-state index contributed by atoms with van der Waals surface area (Å²) in [5.74, 6) is 2.02. The van der Waals surface area contributed by atoms with Crippen LogP contribution in [-0.4, -0.2) is 35.6 Å². The summed E-state index contributed by atoms with van der Waals surface area (Å²) in [6.07, 6.45) is 2.85. The Morgan fingerprint density at radius 2 is 1.90 bits per heavy atom. The third-order valence-corrected chi connectivity index (χ3v) is 5.65. The van der Waals surface area contributed by atoms with Crippen LogP contribution >= 0.6 is 0 Å². The Balaban J connectivity index is 1.46. The van der Waals surface area contributed by atoms with E-state index in [1.165, 1.54) is 22.3 Å². The Labute approximate surface area is 177 Å². The summed E-state index contributed by atoms with van der Waals surface area (Å²) < 4.78 is 10.7. The first kappa shape index (κ1) is 20.2. The molecule has 1 aliphatic rings. The van der Waals surface area contributed by atoms with Crippen LogP contribution in [0.3, 0.4) is 0 Å². The Bertz CT molecular complexity index is 1050. The first-order valence-corrected chi connectivity index (χ1v) is 10.2. The third-order valence-electron chi connectivity index (χ3n) is 5.65. The first-order chi connectivity index (χ1) is 14.6. The molecule has 2 heterocycles. The molecular weight excluding hydrogens is 376 g/mol. The maximum absolute atomic E-state index is 5.45. The highest BCUT2D eigenvalue weighted by Gasteiger charge is 2.19. The van der Waals surface area contributed by atoms with Crippen LogP contribution in [0.2, 0.25) is 0 Å². The molecule has 1 aliphatic heterocycles. The van der Waals surface area contributed by atoms with E-state index in [4.69, 9.17) is 14.5 Å². The molecule has 0 fully saturated rings. The van der Waals surface area contributed by atoms with E-state index in [-0.39, 0.29) is 0 Å². The number of nitrogens with one attached hydrogen (secondary N) is 1. The number of methoxy groups -OCH3 is 2. The Kier molecular flexibility index (Phi) is 5.86. The minimum Gasteiger partial charge on any atom is -0.497 e. The molecular formula is C24H28N4O2. The van der Waals surface area contributed by atoms with E-state index in [0.29, 0.717) is 11.7 Å². The van der Waals surface area contributed by atoms with E-state index in [0.717, 1.165) is 43.2 Å². The second-order valence-corrected chi connectivity index (χ2v) is 7.74. The molecule has 0 amide bonds. The number of ether oxygens (including phenoxy) is 2. The van der Waals surface area contributed by atoms with Gasteiger partial charge < -0.3 is 14.8 Å². The molecule has 0 bridgehead atoms. The van der Waals surface area contributed by atoms with Crippen LogP contribution in [-0.2, 0) is 19.5 Å². The zero-order chi connectivity index (χ0) is 21.1.